The average molecular weight is 381 g/mol. The number of carboxylic acids is 1. The molecule has 1 atom stereocenters. The molecule has 1 aromatic carbocycles. The summed E-state index contributed by atoms with van der Waals surface area (Å²) in [7, 11) is 0. The van der Waals surface area contributed by atoms with Crippen molar-refractivity contribution < 1.29 is 32.7 Å². The Morgan fingerprint density at radius 1 is 1.07 bits per heavy atom. The molecule has 5 nitrogen and oxygen atoms in total. The normalized spacial score (nSPS) is 16.6. The number of carbonyl (C=O) groups excluding carboxylic acids is 2. The lowest BCUT2D eigenvalue weighted by molar-refractivity contribution is -0.145. The van der Waals surface area contributed by atoms with Crippen molar-refractivity contribution in [1.82, 2.24) is 4.90 Å². The van der Waals surface area contributed by atoms with Crippen molar-refractivity contribution in [2.45, 2.75) is 32.4 Å². The minimum Gasteiger partial charge on any atom is -0.480 e. The number of halogens is 3. The number of carbonyl (C=O) groups is 3. The highest BCUT2D eigenvalue weighted by molar-refractivity contribution is 6.13. The zero-order valence-corrected chi connectivity index (χ0v) is 15.0. The van der Waals surface area contributed by atoms with Gasteiger partial charge >= 0.3 is 12.1 Å². The maximum atomic E-state index is 13.2. The highest BCUT2D eigenvalue weighted by Gasteiger charge is 2.47. The SMILES string of the molecule is C=C(C)C(CN1C(=O)C=CC1=O)(C(=O)O)c1ccc(C(F)(F)F)c(C)c1C. The number of alkyl halides is 3. The van der Waals surface area contributed by atoms with Crippen LogP contribution in [0.2, 0.25) is 0 Å². The Hall–Kier alpha value is -2.90. The molecule has 2 rings (SSSR count). The van der Waals surface area contributed by atoms with Crippen LogP contribution in [0.15, 0.2) is 36.4 Å². The van der Waals surface area contributed by atoms with Gasteiger partial charge in [-0.2, -0.15) is 13.2 Å². The van der Waals surface area contributed by atoms with Crippen molar-refractivity contribution in [3.63, 3.8) is 0 Å². The van der Waals surface area contributed by atoms with Crippen LogP contribution >= 0.6 is 0 Å². The molecule has 0 aliphatic carbocycles. The third kappa shape index (κ3) is 3.27. The predicted molar refractivity (Wildman–Crippen MR) is 90.9 cm³/mol. The lowest BCUT2D eigenvalue weighted by Gasteiger charge is -2.35. The third-order valence-electron chi connectivity index (χ3n) is 4.94. The van der Waals surface area contributed by atoms with Gasteiger partial charge in [-0.1, -0.05) is 18.2 Å². The van der Waals surface area contributed by atoms with Gasteiger partial charge in [0.15, 0.2) is 0 Å². The van der Waals surface area contributed by atoms with Crippen molar-refractivity contribution in [3.8, 4) is 0 Å². The summed E-state index contributed by atoms with van der Waals surface area (Å²) in [6.45, 7) is 7.16. The fraction of sp³-hybridized carbons (Fsp3) is 0.316. The number of imide groups is 1. The molecular weight excluding hydrogens is 363 g/mol. The van der Waals surface area contributed by atoms with Crippen LogP contribution < -0.4 is 0 Å². The third-order valence-corrected chi connectivity index (χ3v) is 4.94. The van der Waals surface area contributed by atoms with Crippen molar-refractivity contribution in [2.75, 3.05) is 6.54 Å². The zero-order valence-electron chi connectivity index (χ0n) is 15.0. The van der Waals surface area contributed by atoms with Gasteiger partial charge in [-0.3, -0.25) is 19.3 Å². The first-order valence-corrected chi connectivity index (χ1v) is 7.94. The van der Waals surface area contributed by atoms with Crippen LogP contribution in [0.5, 0.6) is 0 Å². The Balaban J connectivity index is 2.71. The molecule has 1 aliphatic heterocycles. The summed E-state index contributed by atoms with van der Waals surface area (Å²) in [4.78, 5) is 36.8. The molecule has 144 valence electrons. The first kappa shape index (κ1) is 20.4. The second-order valence-electron chi connectivity index (χ2n) is 6.50. The van der Waals surface area contributed by atoms with Gasteiger partial charge in [0, 0.05) is 12.2 Å². The van der Waals surface area contributed by atoms with Crippen LogP contribution in [-0.4, -0.2) is 34.3 Å². The highest BCUT2D eigenvalue weighted by Crippen LogP contribution is 2.40. The summed E-state index contributed by atoms with van der Waals surface area (Å²) in [5, 5.41) is 9.97. The molecular formula is C19H18F3NO4. The Labute approximate surface area is 153 Å². The van der Waals surface area contributed by atoms with E-state index in [2.05, 4.69) is 6.58 Å². The van der Waals surface area contributed by atoms with Crippen LogP contribution in [0.25, 0.3) is 0 Å². The molecule has 1 aromatic rings. The van der Waals surface area contributed by atoms with Crippen molar-refractivity contribution in [2.24, 2.45) is 0 Å². The minimum atomic E-state index is -4.59. The molecule has 1 unspecified atom stereocenters. The van der Waals surface area contributed by atoms with Gasteiger partial charge in [-0.05, 0) is 43.5 Å². The summed E-state index contributed by atoms with van der Waals surface area (Å²) in [6, 6.07) is 1.89. The van der Waals surface area contributed by atoms with Crippen LogP contribution in [-0.2, 0) is 26.0 Å². The standard InChI is InChI=1S/C19H18F3NO4/c1-10(2)18(17(26)27,9-23-15(24)7-8-16(23)25)13-5-6-14(19(20,21)22)12(4)11(13)3/h5-8H,1,9H2,2-4H3,(H,26,27). The first-order valence-electron chi connectivity index (χ1n) is 7.94. The molecule has 0 spiro atoms. The monoisotopic (exact) mass is 381 g/mol. The smallest absolute Gasteiger partial charge is 0.416 e. The summed E-state index contributed by atoms with van der Waals surface area (Å²) in [5.41, 5.74) is -2.67. The van der Waals surface area contributed by atoms with Gasteiger partial charge in [0.2, 0.25) is 0 Å². The van der Waals surface area contributed by atoms with Gasteiger partial charge in [0.05, 0.1) is 12.1 Å². The number of hydrogen-bond donors (Lipinski definition) is 1. The van der Waals surface area contributed by atoms with Gasteiger partial charge in [-0.15, -0.1) is 0 Å². The minimum absolute atomic E-state index is 0.0560. The maximum Gasteiger partial charge on any atom is 0.416 e. The quantitative estimate of drug-likeness (QED) is 0.628. The molecule has 8 heteroatoms. The summed E-state index contributed by atoms with van der Waals surface area (Å²) < 4.78 is 39.5. The number of rotatable bonds is 5. The van der Waals surface area contributed by atoms with E-state index in [9.17, 15) is 32.7 Å². The molecule has 1 N–H and O–H groups in total. The molecule has 0 saturated heterocycles. The van der Waals surface area contributed by atoms with E-state index in [1.54, 1.807) is 0 Å². The van der Waals surface area contributed by atoms with Crippen molar-refractivity contribution in [3.05, 3.63) is 58.7 Å². The average Bonchev–Trinajstić information content (AvgIpc) is 2.85. The van der Waals surface area contributed by atoms with E-state index in [1.807, 2.05) is 0 Å². The molecule has 1 aliphatic rings. The molecule has 2 amide bonds. The van der Waals surface area contributed by atoms with E-state index in [4.69, 9.17) is 0 Å². The molecule has 0 saturated carbocycles. The number of amides is 2. The molecule has 27 heavy (non-hydrogen) atoms. The fourth-order valence-corrected chi connectivity index (χ4v) is 3.23. The van der Waals surface area contributed by atoms with Crippen molar-refractivity contribution >= 4 is 17.8 Å². The Bertz CT molecular complexity index is 852. The van der Waals surface area contributed by atoms with E-state index < -0.39 is 41.5 Å². The Morgan fingerprint density at radius 2 is 1.52 bits per heavy atom. The number of aliphatic carboxylic acids is 1. The summed E-state index contributed by atoms with van der Waals surface area (Å²) in [6.07, 6.45) is -2.57. The lowest BCUT2D eigenvalue weighted by atomic mass is 9.71. The largest absolute Gasteiger partial charge is 0.480 e. The Morgan fingerprint density at radius 3 is 1.93 bits per heavy atom. The van der Waals surface area contributed by atoms with E-state index in [0.29, 0.717) is 0 Å². The van der Waals surface area contributed by atoms with E-state index >= 15 is 0 Å². The van der Waals surface area contributed by atoms with Crippen LogP contribution in [0, 0.1) is 13.8 Å². The molecule has 0 bridgehead atoms. The number of carboxylic acid groups (broad SMARTS) is 1. The molecule has 1 heterocycles. The van der Waals surface area contributed by atoms with Gasteiger partial charge in [0.25, 0.3) is 11.8 Å². The van der Waals surface area contributed by atoms with E-state index in [-0.39, 0.29) is 22.3 Å². The molecule has 0 radical (unpaired) electrons. The number of hydrogen-bond acceptors (Lipinski definition) is 3. The number of benzene rings is 1. The van der Waals surface area contributed by atoms with Crippen LogP contribution in [0.3, 0.4) is 0 Å². The molecule has 0 fully saturated rings. The summed E-state index contributed by atoms with van der Waals surface area (Å²) in [5.74, 6) is -2.79. The topological polar surface area (TPSA) is 74.7 Å². The lowest BCUT2D eigenvalue weighted by Crippen LogP contribution is -2.49. The Kier molecular flexibility index (Phi) is 5.05. The van der Waals surface area contributed by atoms with E-state index in [1.165, 1.54) is 20.8 Å². The van der Waals surface area contributed by atoms with Crippen LogP contribution in [0.1, 0.15) is 29.2 Å². The van der Waals surface area contributed by atoms with Crippen molar-refractivity contribution in [1.29, 1.82) is 0 Å². The van der Waals surface area contributed by atoms with Gasteiger partial charge in [0.1, 0.15) is 5.41 Å². The maximum absolute atomic E-state index is 13.2. The second kappa shape index (κ2) is 6.68. The highest BCUT2D eigenvalue weighted by atomic mass is 19.4. The summed E-state index contributed by atoms with van der Waals surface area (Å²) >= 11 is 0. The van der Waals surface area contributed by atoms with Crippen LogP contribution in [0.4, 0.5) is 13.2 Å². The molecule has 0 aromatic heterocycles. The predicted octanol–water partition coefficient (Wildman–Crippen LogP) is 3.15. The van der Waals surface area contributed by atoms with E-state index in [0.717, 1.165) is 29.2 Å². The second-order valence-corrected chi connectivity index (χ2v) is 6.50. The fourth-order valence-electron chi connectivity index (χ4n) is 3.23. The van der Waals surface area contributed by atoms with Gasteiger partial charge in [-0.25, -0.2) is 0 Å². The zero-order chi connectivity index (χ0) is 20.7. The number of nitrogens with zero attached hydrogens (tertiary/aromatic N) is 1. The van der Waals surface area contributed by atoms with Gasteiger partial charge < -0.3 is 5.11 Å². The first-order chi connectivity index (χ1) is 12.3.